The van der Waals surface area contributed by atoms with Crippen molar-refractivity contribution in [1.29, 1.82) is 0 Å². The minimum atomic E-state index is -0.353. The quantitative estimate of drug-likeness (QED) is 0.463. The van der Waals surface area contributed by atoms with Crippen LogP contribution >= 0.6 is 11.8 Å². The largest absolute Gasteiger partial charge is 0.302 e. The molecule has 0 aliphatic carbocycles. The van der Waals surface area contributed by atoms with Crippen LogP contribution in [0, 0.1) is 6.92 Å². The molecule has 0 saturated carbocycles. The van der Waals surface area contributed by atoms with Crippen molar-refractivity contribution in [1.82, 2.24) is 25.6 Å². The molecular weight excluding hydrogens is 386 g/mol. The topological polar surface area (TPSA) is 88.9 Å². The van der Waals surface area contributed by atoms with Crippen molar-refractivity contribution in [3.05, 3.63) is 77.1 Å². The zero-order valence-electron chi connectivity index (χ0n) is 16.4. The molecule has 0 bridgehead atoms. The summed E-state index contributed by atoms with van der Waals surface area (Å²) in [5.41, 5.74) is 7.65. The van der Waals surface area contributed by atoms with Crippen LogP contribution in [0.2, 0.25) is 0 Å². The molecule has 1 aromatic heterocycles. The van der Waals surface area contributed by atoms with E-state index in [-0.39, 0.29) is 17.6 Å². The smallest absolute Gasteiger partial charge is 0.269 e. The number of amides is 2. The van der Waals surface area contributed by atoms with Gasteiger partial charge in [0, 0.05) is 5.56 Å². The van der Waals surface area contributed by atoms with Gasteiger partial charge in [0.05, 0.1) is 12.3 Å². The average molecular weight is 410 g/mol. The van der Waals surface area contributed by atoms with Gasteiger partial charge in [-0.25, -0.2) is 0 Å². The summed E-state index contributed by atoms with van der Waals surface area (Å²) < 4.78 is 1.96. The van der Waals surface area contributed by atoms with E-state index in [1.807, 2.05) is 54.0 Å². The first-order chi connectivity index (χ1) is 14.1. The molecule has 0 aliphatic heterocycles. The van der Waals surface area contributed by atoms with Gasteiger partial charge in [0.15, 0.2) is 5.16 Å². The Bertz CT molecular complexity index is 970. The number of benzene rings is 2. The molecule has 0 atom stereocenters. The van der Waals surface area contributed by atoms with Gasteiger partial charge >= 0.3 is 0 Å². The lowest BCUT2D eigenvalue weighted by molar-refractivity contribution is -0.119. The van der Waals surface area contributed by atoms with E-state index in [0.29, 0.717) is 17.3 Å². The van der Waals surface area contributed by atoms with Crippen LogP contribution in [0.25, 0.3) is 0 Å². The van der Waals surface area contributed by atoms with Crippen molar-refractivity contribution in [2.24, 2.45) is 0 Å². The summed E-state index contributed by atoms with van der Waals surface area (Å²) in [6.07, 6.45) is 0.907. The lowest BCUT2D eigenvalue weighted by atomic mass is 10.1. The number of thioether (sulfide) groups is 1. The fraction of sp³-hybridized carbons (Fsp3) is 0.238. The highest BCUT2D eigenvalue weighted by Crippen LogP contribution is 2.18. The second kappa shape index (κ2) is 9.88. The molecule has 0 spiro atoms. The van der Waals surface area contributed by atoms with Gasteiger partial charge in [0.25, 0.3) is 5.91 Å². The predicted molar refractivity (Wildman–Crippen MR) is 112 cm³/mol. The number of aromatic nitrogens is 3. The SMILES string of the molecule is CCc1ccc(C(=O)NNC(=O)CSc2nnc(C)n2Cc2ccccc2)cc1. The van der Waals surface area contributed by atoms with Crippen molar-refractivity contribution >= 4 is 23.6 Å². The molecule has 3 rings (SSSR count). The van der Waals surface area contributed by atoms with Gasteiger partial charge in [-0.15, -0.1) is 10.2 Å². The number of rotatable bonds is 7. The van der Waals surface area contributed by atoms with E-state index in [4.69, 9.17) is 0 Å². The summed E-state index contributed by atoms with van der Waals surface area (Å²) in [6, 6.07) is 17.3. The van der Waals surface area contributed by atoms with Crippen LogP contribution in [-0.4, -0.2) is 32.3 Å². The molecule has 0 fully saturated rings. The fourth-order valence-corrected chi connectivity index (χ4v) is 3.46. The van der Waals surface area contributed by atoms with E-state index in [2.05, 4.69) is 28.0 Å². The second-order valence-electron chi connectivity index (χ2n) is 6.44. The third-order valence-electron chi connectivity index (χ3n) is 4.36. The first kappa shape index (κ1) is 20.6. The number of hydrogen-bond acceptors (Lipinski definition) is 5. The highest BCUT2D eigenvalue weighted by atomic mass is 32.2. The Labute approximate surface area is 173 Å². The monoisotopic (exact) mass is 409 g/mol. The third-order valence-corrected chi connectivity index (χ3v) is 5.32. The summed E-state index contributed by atoms with van der Waals surface area (Å²) in [4.78, 5) is 24.2. The lowest BCUT2D eigenvalue weighted by Gasteiger charge is -2.09. The minimum Gasteiger partial charge on any atom is -0.302 e. The molecule has 2 aromatic carbocycles. The van der Waals surface area contributed by atoms with Gasteiger partial charge in [0.1, 0.15) is 5.82 Å². The van der Waals surface area contributed by atoms with E-state index in [9.17, 15) is 9.59 Å². The van der Waals surface area contributed by atoms with Crippen LogP contribution in [-0.2, 0) is 17.8 Å². The highest BCUT2D eigenvalue weighted by molar-refractivity contribution is 7.99. The molecule has 2 amide bonds. The number of carbonyl (C=O) groups is 2. The maximum absolute atomic E-state index is 12.1. The summed E-state index contributed by atoms with van der Waals surface area (Å²) >= 11 is 1.27. The first-order valence-corrected chi connectivity index (χ1v) is 10.3. The number of nitrogens with one attached hydrogen (secondary N) is 2. The molecule has 7 nitrogen and oxygen atoms in total. The van der Waals surface area contributed by atoms with E-state index in [1.54, 1.807) is 12.1 Å². The molecular formula is C21H23N5O2S. The highest BCUT2D eigenvalue weighted by Gasteiger charge is 2.13. The summed E-state index contributed by atoms with van der Waals surface area (Å²) in [5.74, 6) is 0.220. The number of carbonyl (C=O) groups excluding carboxylic acids is 2. The van der Waals surface area contributed by atoms with Crippen molar-refractivity contribution in [3.63, 3.8) is 0 Å². The van der Waals surface area contributed by atoms with Crippen LogP contribution in [0.3, 0.4) is 0 Å². The maximum atomic E-state index is 12.1. The van der Waals surface area contributed by atoms with Gasteiger partial charge in [-0.3, -0.25) is 20.4 Å². The molecule has 29 heavy (non-hydrogen) atoms. The minimum absolute atomic E-state index is 0.113. The zero-order valence-corrected chi connectivity index (χ0v) is 17.2. The van der Waals surface area contributed by atoms with Crippen molar-refractivity contribution in [2.75, 3.05) is 5.75 Å². The van der Waals surface area contributed by atoms with E-state index >= 15 is 0 Å². The van der Waals surface area contributed by atoms with Crippen molar-refractivity contribution < 1.29 is 9.59 Å². The van der Waals surface area contributed by atoms with Gasteiger partial charge in [-0.1, -0.05) is 61.2 Å². The fourth-order valence-electron chi connectivity index (χ4n) is 2.67. The van der Waals surface area contributed by atoms with Gasteiger partial charge in [0.2, 0.25) is 5.91 Å². The van der Waals surface area contributed by atoms with Crippen molar-refractivity contribution in [2.45, 2.75) is 32.0 Å². The Morgan fingerprint density at radius 2 is 1.69 bits per heavy atom. The van der Waals surface area contributed by atoms with E-state index in [1.165, 1.54) is 11.8 Å². The molecule has 1 heterocycles. The van der Waals surface area contributed by atoms with Crippen LogP contribution < -0.4 is 10.9 Å². The normalized spacial score (nSPS) is 10.6. The zero-order chi connectivity index (χ0) is 20.6. The molecule has 0 saturated heterocycles. The molecule has 0 radical (unpaired) electrons. The number of hydrogen-bond donors (Lipinski definition) is 2. The Morgan fingerprint density at radius 3 is 2.38 bits per heavy atom. The molecule has 8 heteroatoms. The summed E-state index contributed by atoms with van der Waals surface area (Å²) in [7, 11) is 0. The summed E-state index contributed by atoms with van der Waals surface area (Å²) in [6.45, 7) is 4.56. The molecule has 0 unspecified atom stereocenters. The number of hydrazine groups is 1. The second-order valence-corrected chi connectivity index (χ2v) is 7.39. The van der Waals surface area contributed by atoms with Gasteiger partial charge in [-0.2, -0.15) is 0 Å². The Morgan fingerprint density at radius 1 is 0.966 bits per heavy atom. The first-order valence-electron chi connectivity index (χ1n) is 9.31. The van der Waals surface area contributed by atoms with E-state index in [0.717, 1.165) is 23.4 Å². The predicted octanol–water partition coefficient (Wildman–Crippen LogP) is 2.75. The average Bonchev–Trinajstić information content (AvgIpc) is 3.10. The van der Waals surface area contributed by atoms with Gasteiger partial charge < -0.3 is 4.57 Å². The molecule has 2 N–H and O–H groups in total. The van der Waals surface area contributed by atoms with Crippen LogP contribution in [0.5, 0.6) is 0 Å². The molecule has 150 valence electrons. The Balaban J connectivity index is 1.51. The van der Waals surface area contributed by atoms with E-state index < -0.39 is 0 Å². The molecule has 0 aliphatic rings. The summed E-state index contributed by atoms with van der Waals surface area (Å²) in [5, 5.41) is 8.92. The molecule has 3 aromatic rings. The van der Waals surface area contributed by atoms with Crippen LogP contribution in [0.15, 0.2) is 59.8 Å². The van der Waals surface area contributed by atoms with Crippen molar-refractivity contribution in [3.8, 4) is 0 Å². The van der Waals surface area contributed by atoms with Crippen LogP contribution in [0.4, 0.5) is 0 Å². The maximum Gasteiger partial charge on any atom is 0.269 e. The lowest BCUT2D eigenvalue weighted by Crippen LogP contribution is -2.42. The number of nitrogens with zero attached hydrogens (tertiary/aromatic N) is 3. The standard InChI is InChI=1S/C21H23N5O2S/c1-3-16-9-11-18(12-10-16)20(28)24-23-19(27)14-29-21-25-22-15(2)26(21)13-17-7-5-4-6-8-17/h4-12H,3,13-14H2,1-2H3,(H,23,27)(H,24,28). The van der Waals surface area contributed by atoms with Gasteiger partial charge in [-0.05, 0) is 36.6 Å². The third kappa shape index (κ3) is 5.68. The van der Waals surface area contributed by atoms with Crippen LogP contribution in [0.1, 0.15) is 34.2 Å². The number of aryl methyl sites for hydroxylation is 2. The Hall–Kier alpha value is -3.13. The Kier molecular flexibility index (Phi) is 7.02.